The van der Waals surface area contributed by atoms with Gasteiger partial charge in [-0.15, -0.1) is 11.3 Å². The molecule has 0 bridgehead atoms. The molecule has 1 aliphatic rings. The minimum Gasteiger partial charge on any atom is -0.493 e. The van der Waals surface area contributed by atoms with Gasteiger partial charge in [-0.3, -0.25) is 9.89 Å². The van der Waals surface area contributed by atoms with Crippen LogP contribution in [0.1, 0.15) is 24.3 Å². The summed E-state index contributed by atoms with van der Waals surface area (Å²) in [6.45, 7) is 8.31. The first-order chi connectivity index (χ1) is 15.3. The van der Waals surface area contributed by atoms with E-state index >= 15 is 0 Å². The number of ether oxygens (including phenoxy) is 3. The van der Waals surface area contributed by atoms with Crippen LogP contribution in [0.5, 0.6) is 5.75 Å². The highest BCUT2D eigenvalue weighted by Gasteiger charge is 2.23. The summed E-state index contributed by atoms with van der Waals surface area (Å²) in [6.07, 6.45) is 0.865. The van der Waals surface area contributed by atoms with Gasteiger partial charge in [0.2, 0.25) is 0 Å². The zero-order chi connectivity index (χ0) is 21.7. The SMILES string of the molecule is CCNC(=NCC(c1cccs1)N1CCOCC1)Nc1cccc(OCCCOC)c1. The Hall–Kier alpha value is -2.13. The molecular weight excluding hydrogens is 412 g/mol. The molecule has 0 radical (unpaired) electrons. The normalized spacial score (nSPS) is 16.1. The second kappa shape index (κ2) is 13.3. The van der Waals surface area contributed by atoms with Gasteiger partial charge in [-0.2, -0.15) is 0 Å². The maximum atomic E-state index is 5.82. The van der Waals surface area contributed by atoms with E-state index in [9.17, 15) is 0 Å². The van der Waals surface area contributed by atoms with E-state index in [1.165, 1.54) is 4.88 Å². The van der Waals surface area contributed by atoms with Crippen LogP contribution in [0, 0.1) is 0 Å². The first-order valence-electron chi connectivity index (χ1n) is 10.9. The molecule has 170 valence electrons. The standard InChI is InChI=1S/C23H34N4O3S/c1-3-24-23(26-19-7-4-8-20(17-19)30-13-6-12-28-2)25-18-21(22-9-5-16-31-22)27-10-14-29-15-11-27/h4-5,7-9,16-17,21H,3,6,10-15,18H2,1-2H3,(H2,24,25,26). The van der Waals surface area contributed by atoms with Gasteiger partial charge in [-0.1, -0.05) is 12.1 Å². The van der Waals surface area contributed by atoms with E-state index in [4.69, 9.17) is 19.2 Å². The molecular formula is C23H34N4O3S. The van der Waals surface area contributed by atoms with Crippen molar-refractivity contribution >= 4 is 23.0 Å². The number of morpholine rings is 1. The molecule has 0 saturated carbocycles. The van der Waals surface area contributed by atoms with Gasteiger partial charge in [0, 0.05) is 56.4 Å². The average molecular weight is 447 g/mol. The van der Waals surface area contributed by atoms with Crippen LogP contribution in [0.2, 0.25) is 0 Å². The fraction of sp³-hybridized carbons (Fsp3) is 0.522. The molecule has 3 rings (SSSR count). The van der Waals surface area contributed by atoms with Gasteiger partial charge in [0.15, 0.2) is 5.96 Å². The van der Waals surface area contributed by atoms with Gasteiger partial charge >= 0.3 is 0 Å². The monoisotopic (exact) mass is 446 g/mol. The number of aliphatic imine (C=N–C) groups is 1. The molecule has 7 nitrogen and oxygen atoms in total. The molecule has 1 atom stereocenters. The number of anilines is 1. The van der Waals surface area contributed by atoms with Gasteiger partial charge < -0.3 is 24.8 Å². The summed E-state index contributed by atoms with van der Waals surface area (Å²) in [5, 5.41) is 8.91. The van der Waals surface area contributed by atoms with Crippen molar-refractivity contribution in [3.63, 3.8) is 0 Å². The van der Waals surface area contributed by atoms with Crippen molar-refractivity contribution in [1.82, 2.24) is 10.2 Å². The third kappa shape index (κ3) is 7.81. The van der Waals surface area contributed by atoms with E-state index in [0.717, 1.165) is 56.7 Å². The highest BCUT2D eigenvalue weighted by molar-refractivity contribution is 7.10. The van der Waals surface area contributed by atoms with Crippen LogP contribution in [0.15, 0.2) is 46.8 Å². The van der Waals surface area contributed by atoms with E-state index in [0.29, 0.717) is 19.8 Å². The molecule has 1 saturated heterocycles. The van der Waals surface area contributed by atoms with Crippen molar-refractivity contribution in [3.8, 4) is 5.75 Å². The van der Waals surface area contributed by atoms with Crippen LogP contribution < -0.4 is 15.4 Å². The Kier molecular flexibility index (Phi) is 10.1. The van der Waals surface area contributed by atoms with Crippen molar-refractivity contribution in [2.45, 2.75) is 19.4 Å². The molecule has 1 unspecified atom stereocenters. The summed E-state index contributed by atoms with van der Waals surface area (Å²) in [5.41, 5.74) is 0.947. The number of thiophene rings is 1. The molecule has 1 aliphatic heterocycles. The van der Waals surface area contributed by atoms with Crippen molar-refractivity contribution < 1.29 is 14.2 Å². The predicted molar refractivity (Wildman–Crippen MR) is 127 cm³/mol. The second-order valence-electron chi connectivity index (χ2n) is 7.25. The lowest BCUT2D eigenvalue weighted by molar-refractivity contribution is 0.0187. The third-order valence-electron chi connectivity index (χ3n) is 4.98. The van der Waals surface area contributed by atoms with Crippen molar-refractivity contribution in [1.29, 1.82) is 0 Å². The minimum absolute atomic E-state index is 0.259. The molecule has 2 N–H and O–H groups in total. The summed E-state index contributed by atoms with van der Waals surface area (Å²) in [7, 11) is 1.70. The summed E-state index contributed by atoms with van der Waals surface area (Å²) < 4.78 is 16.4. The number of hydrogen-bond donors (Lipinski definition) is 2. The summed E-state index contributed by atoms with van der Waals surface area (Å²) in [6, 6.07) is 12.5. The maximum Gasteiger partial charge on any atom is 0.195 e. The largest absolute Gasteiger partial charge is 0.493 e. The van der Waals surface area contributed by atoms with Crippen LogP contribution >= 0.6 is 11.3 Å². The molecule has 0 spiro atoms. The molecule has 31 heavy (non-hydrogen) atoms. The molecule has 1 aromatic carbocycles. The van der Waals surface area contributed by atoms with Gasteiger partial charge in [-0.25, -0.2) is 0 Å². The van der Waals surface area contributed by atoms with E-state index < -0.39 is 0 Å². The Morgan fingerprint density at radius 3 is 2.84 bits per heavy atom. The highest BCUT2D eigenvalue weighted by atomic mass is 32.1. The van der Waals surface area contributed by atoms with Crippen molar-refractivity contribution in [3.05, 3.63) is 46.7 Å². The molecule has 2 heterocycles. The van der Waals surface area contributed by atoms with Crippen LogP contribution in [-0.4, -0.2) is 70.6 Å². The smallest absolute Gasteiger partial charge is 0.195 e. The van der Waals surface area contributed by atoms with Gasteiger partial charge in [0.1, 0.15) is 5.75 Å². The Morgan fingerprint density at radius 1 is 1.23 bits per heavy atom. The highest BCUT2D eigenvalue weighted by Crippen LogP contribution is 2.26. The Balaban J connectivity index is 1.66. The number of nitrogens with one attached hydrogen (secondary N) is 2. The van der Waals surface area contributed by atoms with Crippen molar-refractivity contribution in [2.75, 3.05) is 65.0 Å². The van der Waals surface area contributed by atoms with E-state index in [1.54, 1.807) is 18.4 Å². The van der Waals surface area contributed by atoms with Gasteiger partial charge in [0.05, 0.1) is 32.4 Å². The Labute approximate surface area is 189 Å². The topological polar surface area (TPSA) is 67.4 Å². The lowest BCUT2D eigenvalue weighted by Crippen LogP contribution is -2.40. The Bertz CT molecular complexity index is 779. The predicted octanol–water partition coefficient (Wildman–Crippen LogP) is 3.61. The number of nitrogens with zero attached hydrogens (tertiary/aromatic N) is 2. The van der Waals surface area contributed by atoms with Gasteiger partial charge in [0.25, 0.3) is 0 Å². The van der Waals surface area contributed by atoms with E-state index in [2.05, 4.69) is 40.0 Å². The van der Waals surface area contributed by atoms with Gasteiger partial charge in [-0.05, 0) is 30.5 Å². The molecule has 8 heteroatoms. The zero-order valence-electron chi connectivity index (χ0n) is 18.5. The van der Waals surface area contributed by atoms with Crippen LogP contribution in [0.25, 0.3) is 0 Å². The van der Waals surface area contributed by atoms with E-state index in [-0.39, 0.29) is 6.04 Å². The summed E-state index contributed by atoms with van der Waals surface area (Å²) in [5.74, 6) is 1.61. The quantitative estimate of drug-likeness (QED) is 0.312. The number of guanidine groups is 1. The first kappa shape index (κ1) is 23.5. The lowest BCUT2D eigenvalue weighted by Gasteiger charge is -2.33. The summed E-state index contributed by atoms with van der Waals surface area (Å²) in [4.78, 5) is 8.73. The molecule has 0 aliphatic carbocycles. The van der Waals surface area contributed by atoms with Crippen molar-refractivity contribution in [2.24, 2.45) is 4.99 Å². The average Bonchev–Trinajstić information content (AvgIpc) is 3.33. The second-order valence-corrected chi connectivity index (χ2v) is 8.23. The number of methoxy groups -OCH3 is 1. The zero-order valence-corrected chi connectivity index (χ0v) is 19.3. The molecule has 1 fully saturated rings. The molecule has 0 amide bonds. The minimum atomic E-state index is 0.259. The van der Waals surface area contributed by atoms with Crippen LogP contribution in [-0.2, 0) is 9.47 Å². The number of hydrogen-bond acceptors (Lipinski definition) is 6. The van der Waals surface area contributed by atoms with Crippen LogP contribution in [0.4, 0.5) is 5.69 Å². The Morgan fingerprint density at radius 2 is 2.10 bits per heavy atom. The lowest BCUT2D eigenvalue weighted by atomic mass is 10.2. The summed E-state index contributed by atoms with van der Waals surface area (Å²) >= 11 is 1.79. The number of benzene rings is 1. The molecule has 1 aromatic heterocycles. The molecule has 2 aromatic rings. The fourth-order valence-corrected chi connectivity index (χ4v) is 4.29. The first-order valence-corrected chi connectivity index (χ1v) is 11.8. The van der Waals surface area contributed by atoms with Crippen LogP contribution in [0.3, 0.4) is 0 Å². The number of rotatable bonds is 11. The maximum absolute atomic E-state index is 5.82. The third-order valence-corrected chi connectivity index (χ3v) is 5.96. The van der Waals surface area contributed by atoms with E-state index in [1.807, 2.05) is 24.3 Å². The fourth-order valence-electron chi connectivity index (χ4n) is 3.43.